The van der Waals surface area contributed by atoms with Crippen molar-refractivity contribution in [1.29, 1.82) is 0 Å². The molecule has 1 amide bonds. The van der Waals surface area contributed by atoms with E-state index in [0.29, 0.717) is 13.1 Å². The fraction of sp³-hybridized carbons (Fsp3) is 0.235. The zero-order valence-electron chi connectivity index (χ0n) is 11.7. The number of hydrogen-bond acceptors (Lipinski definition) is 2. The lowest BCUT2D eigenvalue weighted by molar-refractivity contribution is -0.133. The van der Waals surface area contributed by atoms with Crippen molar-refractivity contribution >= 4 is 5.91 Å². The van der Waals surface area contributed by atoms with Gasteiger partial charge < -0.3 is 10.6 Å². The first-order valence-corrected chi connectivity index (χ1v) is 6.85. The summed E-state index contributed by atoms with van der Waals surface area (Å²) < 4.78 is 0. The van der Waals surface area contributed by atoms with E-state index in [1.165, 1.54) is 0 Å². The number of benzene rings is 2. The molecule has 20 heavy (non-hydrogen) atoms. The van der Waals surface area contributed by atoms with Crippen molar-refractivity contribution in [3.63, 3.8) is 0 Å². The summed E-state index contributed by atoms with van der Waals surface area (Å²) >= 11 is 0. The first-order chi connectivity index (χ1) is 9.72. The Morgan fingerprint density at radius 2 is 1.60 bits per heavy atom. The van der Waals surface area contributed by atoms with Gasteiger partial charge in [-0.25, -0.2) is 0 Å². The van der Waals surface area contributed by atoms with Gasteiger partial charge >= 0.3 is 0 Å². The summed E-state index contributed by atoms with van der Waals surface area (Å²) in [6.45, 7) is 3.21. The third-order valence-corrected chi connectivity index (χ3v) is 3.33. The van der Waals surface area contributed by atoms with Crippen LogP contribution in [0.3, 0.4) is 0 Å². The van der Waals surface area contributed by atoms with E-state index in [9.17, 15) is 4.79 Å². The van der Waals surface area contributed by atoms with Crippen molar-refractivity contribution in [3.8, 4) is 0 Å². The molecule has 3 heteroatoms. The molecule has 0 unspecified atom stereocenters. The SMILES string of the molecule is CCN(Cc1ccccc1)C(=O)[C@@H](N)c1ccccc1. The quantitative estimate of drug-likeness (QED) is 0.906. The Kier molecular flexibility index (Phi) is 4.91. The van der Waals surface area contributed by atoms with E-state index >= 15 is 0 Å². The minimum atomic E-state index is -0.597. The second-order valence-corrected chi connectivity index (χ2v) is 4.73. The van der Waals surface area contributed by atoms with Crippen molar-refractivity contribution in [1.82, 2.24) is 4.90 Å². The van der Waals surface area contributed by atoms with Crippen LogP contribution < -0.4 is 5.73 Å². The van der Waals surface area contributed by atoms with Gasteiger partial charge in [0.25, 0.3) is 0 Å². The van der Waals surface area contributed by atoms with Gasteiger partial charge in [-0.2, -0.15) is 0 Å². The van der Waals surface area contributed by atoms with E-state index < -0.39 is 6.04 Å². The normalized spacial score (nSPS) is 11.9. The summed E-state index contributed by atoms with van der Waals surface area (Å²) in [5.41, 5.74) is 8.04. The molecule has 2 aromatic rings. The maximum Gasteiger partial charge on any atom is 0.244 e. The number of amides is 1. The third-order valence-electron chi connectivity index (χ3n) is 3.33. The molecule has 3 nitrogen and oxygen atoms in total. The second kappa shape index (κ2) is 6.87. The molecule has 104 valence electrons. The van der Waals surface area contributed by atoms with Crippen LogP contribution in [-0.2, 0) is 11.3 Å². The van der Waals surface area contributed by atoms with Crippen LogP contribution in [0.25, 0.3) is 0 Å². The Balaban J connectivity index is 2.09. The molecule has 0 aliphatic carbocycles. The van der Waals surface area contributed by atoms with Gasteiger partial charge in [0.1, 0.15) is 6.04 Å². The van der Waals surface area contributed by atoms with Crippen LogP contribution in [-0.4, -0.2) is 17.4 Å². The van der Waals surface area contributed by atoms with E-state index in [2.05, 4.69) is 0 Å². The van der Waals surface area contributed by atoms with Gasteiger partial charge in [0, 0.05) is 13.1 Å². The number of nitrogens with zero attached hydrogens (tertiary/aromatic N) is 1. The average Bonchev–Trinajstić information content (AvgIpc) is 2.53. The molecule has 2 rings (SSSR count). The monoisotopic (exact) mass is 268 g/mol. The lowest BCUT2D eigenvalue weighted by Gasteiger charge is -2.24. The summed E-state index contributed by atoms with van der Waals surface area (Å²) in [6.07, 6.45) is 0. The molecular formula is C17H20N2O. The number of carbonyl (C=O) groups is 1. The van der Waals surface area contributed by atoms with Gasteiger partial charge in [0.05, 0.1) is 0 Å². The highest BCUT2D eigenvalue weighted by molar-refractivity contribution is 5.83. The third kappa shape index (κ3) is 3.45. The molecule has 0 saturated heterocycles. The van der Waals surface area contributed by atoms with Gasteiger partial charge in [-0.05, 0) is 18.1 Å². The number of carbonyl (C=O) groups excluding carboxylic acids is 1. The highest BCUT2D eigenvalue weighted by Gasteiger charge is 2.21. The zero-order valence-corrected chi connectivity index (χ0v) is 11.7. The molecule has 0 bridgehead atoms. The van der Waals surface area contributed by atoms with E-state index in [4.69, 9.17) is 5.73 Å². The van der Waals surface area contributed by atoms with Gasteiger partial charge in [0.2, 0.25) is 5.91 Å². The molecule has 2 aromatic carbocycles. The van der Waals surface area contributed by atoms with Crippen LogP contribution in [0.15, 0.2) is 60.7 Å². The summed E-state index contributed by atoms with van der Waals surface area (Å²) in [4.78, 5) is 14.3. The molecular weight excluding hydrogens is 248 g/mol. The molecule has 0 aromatic heterocycles. The highest BCUT2D eigenvalue weighted by atomic mass is 16.2. The van der Waals surface area contributed by atoms with Crippen molar-refractivity contribution in [3.05, 3.63) is 71.8 Å². The predicted molar refractivity (Wildman–Crippen MR) is 80.9 cm³/mol. The van der Waals surface area contributed by atoms with Crippen LogP contribution in [0.4, 0.5) is 0 Å². The van der Waals surface area contributed by atoms with Crippen LogP contribution in [0.2, 0.25) is 0 Å². The van der Waals surface area contributed by atoms with Gasteiger partial charge in [-0.3, -0.25) is 4.79 Å². The van der Waals surface area contributed by atoms with Crippen molar-refractivity contribution in [2.45, 2.75) is 19.5 Å². The maximum atomic E-state index is 12.5. The molecule has 0 fully saturated rings. The number of rotatable bonds is 5. The van der Waals surface area contributed by atoms with Crippen LogP contribution >= 0.6 is 0 Å². The minimum absolute atomic E-state index is 0.0393. The van der Waals surface area contributed by atoms with Gasteiger partial charge in [-0.1, -0.05) is 60.7 Å². The topological polar surface area (TPSA) is 46.3 Å². The minimum Gasteiger partial charge on any atom is -0.337 e. The van der Waals surface area contributed by atoms with Crippen molar-refractivity contribution < 1.29 is 4.79 Å². The summed E-state index contributed by atoms with van der Waals surface area (Å²) in [5.74, 6) is -0.0393. The molecule has 0 radical (unpaired) electrons. The largest absolute Gasteiger partial charge is 0.337 e. The molecule has 1 atom stereocenters. The molecule has 2 N–H and O–H groups in total. The van der Waals surface area contributed by atoms with Gasteiger partial charge in [-0.15, -0.1) is 0 Å². The number of likely N-dealkylation sites (N-methyl/N-ethyl adjacent to an activating group) is 1. The standard InChI is InChI=1S/C17H20N2O/c1-2-19(13-14-9-5-3-6-10-14)17(20)16(18)15-11-7-4-8-12-15/h3-12,16H,2,13,18H2,1H3/t16-/m0/s1. The molecule has 0 saturated carbocycles. The first-order valence-electron chi connectivity index (χ1n) is 6.85. The average molecular weight is 268 g/mol. The highest BCUT2D eigenvalue weighted by Crippen LogP contribution is 2.14. The molecule has 0 heterocycles. The maximum absolute atomic E-state index is 12.5. The first kappa shape index (κ1) is 14.3. The van der Waals surface area contributed by atoms with E-state index in [-0.39, 0.29) is 5.91 Å². The Morgan fingerprint density at radius 1 is 1.05 bits per heavy atom. The van der Waals surface area contributed by atoms with E-state index in [0.717, 1.165) is 11.1 Å². The smallest absolute Gasteiger partial charge is 0.244 e. The Hall–Kier alpha value is -2.13. The Bertz CT molecular complexity index is 539. The molecule has 0 aliphatic heterocycles. The second-order valence-electron chi connectivity index (χ2n) is 4.73. The van der Waals surface area contributed by atoms with E-state index in [1.54, 1.807) is 4.90 Å². The fourth-order valence-corrected chi connectivity index (χ4v) is 2.15. The fourth-order valence-electron chi connectivity index (χ4n) is 2.15. The lowest BCUT2D eigenvalue weighted by atomic mass is 10.1. The number of nitrogens with two attached hydrogens (primary N) is 1. The predicted octanol–water partition coefficient (Wildman–Crippen LogP) is 2.74. The van der Waals surface area contributed by atoms with E-state index in [1.807, 2.05) is 67.6 Å². The summed E-state index contributed by atoms with van der Waals surface area (Å²) in [5, 5.41) is 0. The Labute approximate surface area is 120 Å². The zero-order chi connectivity index (χ0) is 14.4. The molecule has 0 spiro atoms. The summed E-state index contributed by atoms with van der Waals surface area (Å²) in [6, 6.07) is 18.9. The van der Waals surface area contributed by atoms with Crippen molar-refractivity contribution in [2.24, 2.45) is 5.73 Å². The van der Waals surface area contributed by atoms with Crippen LogP contribution in [0.5, 0.6) is 0 Å². The van der Waals surface area contributed by atoms with Crippen LogP contribution in [0.1, 0.15) is 24.1 Å². The van der Waals surface area contributed by atoms with Crippen LogP contribution in [0, 0.1) is 0 Å². The van der Waals surface area contributed by atoms with Gasteiger partial charge in [0.15, 0.2) is 0 Å². The van der Waals surface area contributed by atoms with Crippen molar-refractivity contribution in [2.75, 3.05) is 6.54 Å². The summed E-state index contributed by atoms with van der Waals surface area (Å²) in [7, 11) is 0. The lowest BCUT2D eigenvalue weighted by Crippen LogP contribution is -2.38. The Morgan fingerprint density at radius 3 is 2.15 bits per heavy atom. The molecule has 0 aliphatic rings. The number of hydrogen-bond donors (Lipinski definition) is 1.